The average Bonchev–Trinajstić information content (AvgIpc) is 2.87. The molecule has 0 bridgehead atoms. The molecule has 1 aromatic rings. The number of rotatable bonds is 4. The smallest absolute Gasteiger partial charge is 0.307 e. The number of aromatic hydroxyl groups is 1. The Kier molecular flexibility index (Phi) is 4.18. The van der Waals surface area contributed by atoms with E-state index in [0.717, 1.165) is 11.1 Å². The molecule has 20 heavy (non-hydrogen) atoms. The number of aliphatic carboxylic acids is 1. The quantitative estimate of drug-likeness (QED) is 0.788. The summed E-state index contributed by atoms with van der Waals surface area (Å²) in [6, 6.07) is 3.59. The Hall–Kier alpha value is -1.75. The Morgan fingerprint density at radius 3 is 2.65 bits per heavy atom. The molecule has 1 aliphatic rings. The van der Waals surface area contributed by atoms with Crippen LogP contribution in [-0.4, -0.2) is 29.8 Å². The Morgan fingerprint density at radius 1 is 1.45 bits per heavy atom. The van der Waals surface area contributed by atoms with Crippen LogP contribution in [0.15, 0.2) is 12.1 Å². The normalized spacial score (nSPS) is 22.2. The molecule has 0 aliphatic carbocycles. The summed E-state index contributed by atoms with van der Waals surface area (Å²) >= 11 is 0. The van der Waals surface area contributed by atoms with Crippen molar-refractivity contribution in [2.24, 2.45) is 5.92 Å². The number of ether oxygens (including phenoxy) is 1. The maximum absolute atomic E-state index is 11.1. The van der Waals surface area contributed by atoms with Crippen LogP contribution in [0.25, 0.3) is 0 Å². The predicted molar refractivity (Wildman–Crippen MR) is 75.2 cm³/mol. The molecule has 3 N–H and O–H groups in total. The largest absolute Gasteiger partial charge is 0.504 e. The molecule has 2 unspecified atom stereocenters. The fraction of sp³-hybridized carbons (Fsp3) is 0.533. The van der Waals surface area contributed by atoms with Gasteiger partial charge in [-0.25, -0.2) is 0 Å². The highest BCUT2D eigenvalue weighted by atomic mass is 16.5. The van der Waals surface area contributed by atoms with Crippen molar-refractivity contribution in [2.75, 3.05) is 13.7 Å². The van der Waals surface area contributed by atoms with Crippen molar-refractivity contribution in [3.63, 3.8) is 0 Å². The van der Waals surface area contributed by atoms with E-state index in [4.69, 9.17) is 9.84 Å². The molecule has 1 aliphatic heterocycles. The second-order valence-corrected chi connectivity index (χ2v) is 5.55. The maximum Gasteiger partial charge on any atom is 0.307 e. The second kappa shape index (κ2) is 5.71. The highest BCUT2D eigenvalue weighted by Crippen LogP contribution is 2.40. The molecule has 5 heteroatoms. The van der Waals surface area contributed by atoms with Gasteiger partial charge in [-0.05, 0) is 30.0 Å². The lowest BCUT2D eigenvalue weighted by Crippen LogP contribution is -2.17. The van der Waals surface area contributed by atoms with E-state index in [1.807, 2.05) is 19.9 Å². The molecule has 110 valence electrons. The molecule has 0 aromatic heterocycles. The van der Waals surface area contributed by atoms with E-state index in [1.165, 1.54) is 7.11 Å². The van der Waals surface area contributed by atoms with Gasteiger partial charge in [0.2, 0.25) is 0 Å². The number of hydrogen-bond acceptors (Lipinski definition) is 4. The van der Waals surface area contributed by atoms with Crippen LogP contribution in [0.2, 0.25) is 0 Å². The second-order valence-electron chi connectivity index (χ2n) is 5.55. The van der Waals surface area contributed by atoms with Crippen molar-refractivity contribution in [1.82, 2.24) is 5.32 Å². The highest BCUT2D eigenvalue weighted by molar-refractivity contribution is 5.71. The fourth-order valence-electron chi connectivity index (χ4n) is 2.63. The van der Waals surface area contributed by atoms with E-state index in [2.05, 4.69) is 5.32 Å². The van der Waals surface area contributed by atoms with Crippen LogP contribution >= 0.6 is 0 Å². The van der Waals surface area contributed by atoms with Gasteiger partial charge in [-0.15, -0.1) is 0 Å². The van der Waals surface area contributed by atoms with Gasteiger partial charge in [0.25, 0.3) is 0 Å². The van der Waals surface area contributed by atoms with Crippen LogP contribution in [0.4, 0.5) is 0 Å². The van der Waals surface area contributed by atoms with Crippen molar-refractivity contribution >= 4 is 5.97 Å². The number of carbonyl (C=O) groups is 1. The van der Waals surface area contributed by atoms with Crippen LogP contribution in [0.5, 0.6) is 11.5 Å². The molecule has 2 rings (SSSR count). The first-order valence-electron chi connectivity index (χ1n) is 6.81. The lowest BCUT2D eigenvalue weighted by atomic mass is 9.94. The van der Waals surface area contributed by atoms with E-state index in [0.29, 0.717) is 18.7 Å². The molecule has 0 saturated carbocycles. The van der Waals surface area contributed by atoms with Gasteiger partial charge in [-0.1, -0.05) is 13.8 Å². The van der Waals surface area contributed by atoms with Crippen molar-refractivity contribution in [3.05, 3.63) is 23.3 Å². The predicted octanol–water partition coefficient (Wildman–Crippen LogP) is 2.26. The number of carboxylic acid groups (broad SMARTS) is 1. The lowest BCUT2D eigenvalue weighted by Gasteiger charge is -2.19. The first-order chi connectivity index (χ1) is 9.43. The number of methoxy groups -OCH3 is 1. The minimum Gasteiger partial charge on any atom is -0.504 e. The summed E-state index contributed by atoms with van der Waals surface area (Å²) in [6.45, 7) is 4.54. The third-order valence-electron chi connectivity index (χ3n) is 3.85. The Balaban J connectivity index is 2.37. The van der Waals surface area contributed by atoms with Crippen molar-refractivity contribution in [1.29, 1.82) is 0 Å². The summed E-state index contributed by atoms with van der Waals surface area (Å²) in [5.41, 5.74) is 1.85. The first kappa shape index (κ1) is 14.7. The number of phenolic OH excluding ortho intramolecular Hbond substituents is 1. The van der Waals surface area contributed by atoms with Crippen molar-refractivity contribution in [2.45, 2.75) is 32.2 Å². The molecule has 2 atom stereocenters. The SMILES string of the molecule is COc1c(O)cc(C(C)C)cc1C1CC(C(=O)O)CN1. The molecule has 0 spiro atoms. The molecule has 1 aromatic carbocycles. The third kappa shape index (κ3) is 2.72. The molecular weight excluding hydrogens is 258 g/mol. The van der Waals surface area contributed by atoms with E-state index in [1.54, 1.807) is 6.07 Å². The van der Waals surface area contributed by atoms with Crippen molar-refractivity contribution in [3.8, 4) is 11.5 Å². The number of nitrogens with one attached hydrogen (secondary N) is 1. The summed E-state index contributed by atoms with van der Waals surface area (Å²) < 4.78 is 5.28. The summed E-state index contributed by atoms with van der Waals surface area (Å²) in [7, 11) is 1.51. The maximum atomic E-state index is 11.1. The van der Waals surface area contributed by atoms with Gasteiger partial charge >= 0.3 is 5.97 Å². The molecule has 5 nitrogen and oxygen atoms in total. The van der Waals surface area contributed by atoms with Gasteiger partial charge in [0, 0.05) is 18.2 Å². The zero-order valence-electron chi connectivity index (χ0n) is 12.0. The molecular formula is C15H21NO4. The van der Waals surface area contributed by atoms with E-state index < -0.39 is 11.9 Å². The van der Waals surface area contributed by atoms with Crippen LogP contribution in [0, 0.1) is 5.92 Å². The van der Waals surface area contributed by atoms with Crippen LogP contribution < -0.4 is 10.1 Å². The van der Waals surface area contributed by atoms with Gasteiger partial charge < -0.3 is 20.3 Å². The molecule has 0 radical (unpaired) electrons. The fourth-order valence-corrected chi connectivity index (χ4v) is 2.63. The monoisotopic (exact) mass is 279 g/mol. The zero-order chi connectivity index (χ0) is 14.9. The Morgan fingerprint density at radius 2 is 2.15 bits per heavy atom. The standard InChI is InChI=1S/C15H21NO4/c1-8(2)9-4-11(14(20-3)13(17)6-9)12-5-10(7-16-12)15(18)19/h4,6,8,10,12,16-17H,5,7H2,1-3H3,(H,18,19). The van der Waals surface area contributed by atoms with E-state index in [9.17, 15) is 9.90 Å². The number of phenols is 1. The van der Waals surface area contributed by atoms with Crippen LogP contribution in [0.1, 0.15) is 43.4 Å². The summed E-state index contributed by atoms with van der Waals surface area (Å²) in [5, 5.41) is 22.4. The topological polar surface area (TPSA) is 78.8 Å². The molecule has 0 amide bonds. The lowest BCUT2D eigenvalue weighted by molar-refractivity contribution is -0.141. The minimum absolute atomic E-state index is 0.101. The Bertz CT molecular complexity index is 513. The van der Waals surface area contributed by atoms with Gasteiger partial charge in [0.1, 0.15) is 0 Å². The third-order valence-corrected chi connectivity index (χ3v) is 3.85. The van der Waals surface area contributed by atoms with Gasteiger partial charge in [0.15, 0.2) is 11.5 Å². The first-order valence-corrected chi connectivity index (χ1v) is 6.81. The minimum atomic E-state index is -0.789. The van der Waals surface area contributed by atoms with Gasteiger partial charge in [-0.2, -0.15) is 0 Å². The number of carboxylic acids is 1. The molecule has 1 saturated heterocycles. The van der Waals surface area contributed by atoms with Crippen LogP contribution in [0.3, 0.4) is 0 Å². The van der Waals surface area contributed by atoms with Crippen molar-refractivity contribution < 1.29 is 19.7 Å². The number of hydrogen-bond donors (Lipinski definition) is 3. The highest BCUT2D eigenvalue weighted by Gasteiger charge is 2.32. The molecule has 1 fully saturated rings. The van der Waals surface area contributed by atoms with E-state index >= 15 is 0 Å². The molecule has 1 heterocycles. The van der Waals surface area contributed by atoms with E-state index in [-0.39, 0.29) is 17.7 Å². The van der Waals surface area contributed by atoms with Crippen LogP contribution in [-0.2, 0) is 4.79 Å². The summed E-state index contributed by atoms with van der Waals surface area (Å²) in [6.07, 6.45) is 0.507. The zero-order valence-corrected chi connectivity index (χ0v) is 12.0. The van der Waals surface area contributed by atoms with Gasteiger partial charge in [0.05, 0.1) is 13.0 Å². The number of benzene rings is 1. The Labute approximate surface area is 118 Å². The summed E-state index contributed by atoms with van der Waals surface area (Å²) in [4.78, 5) is 11.1. The summed E-state index contributed by atoms with van der Waals surface area (Å²) in [5.74, 6) is -0.368. The average molecular weight is 279 g/mol. The van der Waals surface area contributed by atoms with Gasteiger partial charge in [-0.3, -0.25) is 4.79 Å².